The van der Waals surface area contributed by atoms with Gasteiger partial charge >= 0.3 is 0 Å². The van der Waals surface area contributed by atoms with Crippen LogP contribution < -0.4 is 5.32 Å². The second kappa shape index (κ2) is 45.7. The van der Waals surface area contributed by atoms with Gasteiger partial charge in [-0.15, -0.1) is 0 Å². The van der Waals surface area contributed by atoms with Gasteiger partial charge in [0.2, 0.25) is 5.91 Å². The molecule has 9 N–H and O–H groups in total. The predicted octanol–water partition coefficient (Wildman–Crippen LogP) is 10.3. The summed E-state index contributed by atoms with van der Waals surface area (Å²) in [5.41, 5.74) is 0. The van der Waals surface area contributed by atoms with Gasteiger partial charge in [-0.2, -0.15) is 0 Å². The number of ether oxygens (including phenoxy) is 4. The van der Waals surface area contributed by atoms with Gasteiger partial charge in [0.15, 0.2) is 12.6 Å². The zero-order valence-electron chi connectivity index (χ0n) is 46.4. The molecule has 0 spiro atoms. The molecule has 2 aliphatic rings. The summed E-state index contributed by atoms with van der Waals surface area (Å²) in [6, 6.07) is -0.825. The van der Waals surface area contributed by atoms with Crippen molar-refractivity contribution in [2.75, 3.05) is 19.8 Å². The summed E-state index contributed by atoms with van der Waals surface area (Å²) in [6.45, 7) is 2.88. The quantitative estimate of drug-likeness (QED) is 0.0204. The van der Waals surface area contributed by atoms with Crippen molar-refractivity contribution in [3.05, 3.63) is 12.2 Å². The first-order valence-electron chi connectivity index (χ1n) is 30.4. The van der Waals surface area contributed by atoms with Crippen molar-refractivity contribution in [2.45, 2.75) is 338 Å². The minimum Gasteiger partial charge on any atom is -0.394 e. The van der Waals surface area contributed by atoms with Crippen LogP contribution in [0.1, 0.15) is 264 Å². The van der Waals surface area contributed by atoms with Crippen LogP contribution in [0.3, 0.4) is 0 Å². The Kier molecular flexibility index (Phi) is 42.5. The van der Waals surface area contributed by atoms with E-state index < -0.39 is 86.8 Å². The molecule has 0 aromatic carbocycles. The van der Waals surface area contributed by atoms with Crippen LogP contribution in [0.15, 0.2) is 12.2 Å². The van der Waals surface area contributed by atoms with Crippen molar-refractivity contribution in [1.29, 1.82) is 0 Å². The fourth-order valence-electron chi connectivity index (χ4n) is 10.3. The molecular weight excluding hydrogens is 931 g/mol. The monoisotopic (exact) mass is 1040 g/mol. The molecule has 0 aromatic rings. The van der Waals surface area contributed by atoms with E-state index in [0.717, 1.165) is 51.4 Å². The van der Waals surface area contributed by atoms with Gasteiger partial charge in [0.1, 0.15) is 48.8 Å². The molecule has 73 heavy (non-hydrogen) atoms. The van der Waals surface area contributed by atoms with Gasteiger partial charge in [0.25, 0.3) is 0 Å². The Bertz CT molecular complexity index is 1280. The largest absolute Gasteiger partial charge is 0.394 e. The molecule has 0 radical (unpaired) electrons. The van der Waals surface area contributed by atoms with E-state index in [-0.39, 0.29) is 12.5 Å². The number of unbranched alkanes of at least 4 members (excludes halogenated alkanes) is 34. The van der Waals surface area contributed by atoms with Crippen molar-refractivity contribution < 1.29 is 64.6 Å². The maximum Gasteiger partial charge on any atom is 0.220 e. The first-order chi connectivity index (χ1) is 35.6. The second-order valence-corrected chi connectivity index (χ2v) is 21.8. The fraction of sp³-hybridized carbons (Fsp3) is 0.949. The van der Waals surface area contributed by atoms with E-state index in [1.807, 2.05) is 0 Å². The number of carbonyl (C=O) groups is 1. The van der Waals surface area contributed by atoms with Crippen molar-refractivity contribution in [3.63, 3.8) is 0 Å². The van der Waals surface area contributed by atoms with Crippen molar-refractivity contribution in [1.82, 2.24) is 5.32 Å². The highest BCUT2D eigenvalue weighted by Gasteiger charge is 2.51. The van der Waals surface area contributed by atoms with E-state index in [1.165, 1.54) is 186 Å². The van der Waals surface area contributed by atoms with Gasteiger partial charge in [0, 0.05) is 6.42 Å². The smallest absolute Gasteiger partial charge is 0.220 e. The van der Waals surface area contributed by atoms with E-state index in [0.29, 0.717) is 12.8 Å². The summed E-state index contributed by atoms with van der Waals surface area (Å²) in [4.78, 5) is 13.3. The molecule has 2 saturated heterocycles. The second-order valence-electron chi connectivity index (χ2n) is 21.8. The first kappa shape index (κ1) is 67.8. The summed E-state index contributed by atoms with van der Waals surface area (Å²) in [5, 5.41) is 87.2. The van der Waals surface area contributed by atoms with Gasteiger partial charge in [-0.1, -0.05) is 231 Å². The molecule has 0 aromatic heterocycles. The molecular formula is C59H113NO13. The maximum absolute atomic E-state index is 13.3. The normalized spacial score (nSPS) is 25.4. The van der Waals surface area contributed by atoms with Crippen LogP contribution >= 0.6 is 0 Å². The van der Waals surface area contributed by atoms with E-state index in [4.69, 9.17) is 18.9 Å². The summed E-state index contributed by atoms with van der Waals surface area (Å²) < 4.78 is 22.8. The van der Waals surface area contributed by atoms with Crippen LogP contribution in [0, 0.1) is 0 Å². The van der Waals surface area contributed by atoms with Crippen LogP contribution in [-0.4, -0.2) is 140 Å². The number of hydrogen-bond acceptors (Lipinski definition) is 13. The fourth-order valence-corrected chi connectivity index (χ4v) is 10.3. The zero-order chi connectivity index (χ0) is 53.2. The summed E-state index contributed by atoms with van der Waals surface area (Å²) in [5.74, 6) is -0.203. The third kappa shape index (κ3) is 31.7. The molecule has 0 aliphatic carbocycles. The summed E-state index contributed by atoms with van der Waals surface area (Å²) >= 11 is 0. The van der Waals surface area contributed by atoms with E-state index in [9.17, 15) is 45.6 Å². The molecule has 0 saturated carbocycles. The molecule has 2 aliphatic heterocycles. The van der Waals surface area contributed by atoms with Gasteiger partial charge in [-0.05, 0) is 38.5 Å². The number of amides is 1. The molecule has 2 fully saturated rings. The number of nitrogens with one attached hydrogen (secondary N) is 1. The van der Waals surface area contributed by atoms with Crippen LogP contribution in [0.25, 0.3) is 0 Å². The van der Waals surface area contributed by atoms with Gasteiger partial charge < -0.3 is 65.1 Å². The van der Waals surface area contributed by atoms with Crippen LogP contribution in [0.2, 0.25) is 0 Å². The summed E-state index contributed by atoms with van der Waals surface area (Å²) in [6.07, 6.45) is 35.0. The molecule has 0 bridgehead atoms. The molecule has 2 rings (SSSR count). The first-order valence-corrected chi connectivity index (χ1v) is 30.4. The Labute approximate surface area is 444 Å². The van der Waals surface area contributed by atoms with Gasteiger partial charge in [-0.3, -0.25) is 4.79 Å². The molecule has 12 unspecified atom stereocenters. The van der Waals surface area contributed by atoms with Crippen LogP contribution in [0.4, 0.5) is 0 Å². The lowest BCUT2D eigenvalue weighted by molar-refractivity contribution is -0.359. The SMILES string of the molecule is CCCCCCCCCC/C=C\CCCCCCCCCCCCCCCC(=O)NC(COC1OC(CO)C(OC2OC(CO)C(O)C(O)C2O)C(O)C1O)C(O)CCCCCCCCCCCCCCCC. The Morgan fingerprint density at radius 1 is 0.479 bits per heavy atom. The minimum absolute atomic E-state index is 0.203. The third-order valence-corrected chi connectivity index (χ3v) is 15.2. The number of aliphatic hydroxyl groups is 8. The Morgan fingerprint density at radius 3 is 1.30 bits per heavy atom. The van der Waals surface area contributed by atoms with E-state index >= 15 is 0 Å². The minimum atomic E-state index is -1.78. The predicted molar refractivity (Wildman–Crippen MR) is 291 cm³/mol. The summed E-state index contributed by atoms with van der Waals surface area (Å²) in [7, 11) is 0. The highest BCUT2D eigenvalue weighted by molar-refractivity contribution is 5.76. The average Bonchev–Trinajstić information content (AvgIpc) is 3.39. The standard InChI is InChI=1S/C59H113NO13/c1-3-5-7-9-11-13-15-17-19-20-21-22-23-24-25-26-27-28-29-31-33-35-37-39-41-43-51(64)60-47(48(63)42-40-38-36-34-32-30-18-16-14-12-10-8-6-4-2)46-70-58-56(69)54(67)57(50(45-62)72-58)73-59-55(68)53(66)52(65)49(44-61)71-59/h20-21,47-50,52-59,61-63,65-69H,3-19,22-46H2,1-2H3,(H,60,64)/b21-20-. The van der Waals surface area contributed by atoms with Crippen LogP contribution in [0.5, 0.6) is 0 Å². The topological polar surface area (TPSA) is 228 Å². The van der Waals surface area contributed by atoms with Gasteiger partial charge in [0.05, 0.1) is 32.0 Å². The Hall–Kier alpha value is -1.27. The van der Waals surface area contributed by atoms with Crippen molar-refractivity contribution in [3.8, 4) is 0 Å². The van der Waals surface area contributed by atoms with Crippen molar-refractivity contribution >= 4 is 5.91 Å². The molecule has 14 heteroatoms. The number of allylic oxidation sites excluding steroid dienone is 2. The number of rotatable bonds is 49. The molecule has 432 valence electrons. The number of carbonyl (C=O) groups excluding carboxylic acids is 1. The molecule has 14 nitrogen and oxygen atoms in total. The number of hydrogen-bond donors (Lipinski definition) is 9. The maximum atomic E-state index is 13.3. The highest BCUT2D eigenvalue weighted by Crippen LogP contribution is 2.30. The third-order valence-electron chi connectivity index (χ3n) is 15.2. The number of aliphatic hydroxyl groups excluding tert-OH is 8. The lowest BCUT2D eigenvalue weighted by atomic mass is 9.97. The molecule has 1 amide bonds. The lowest BCUT2D eigenvalue weighted by Crippen LogP contribution is -2.65. The molecule has 2 heterocycles. The van der Waals surface area contributed by atoms with Crippen molar-refractivity contribution in [2.24, 2.45) is 0 Å². The Balaban J connectivity index is 1.70. The van der Waals surface area contributed by atoms with Crippen LogP contribution in [-0.2, 0) is 23.7 Å². The van der Waals surface area contributed by atoms with E-state index in [2.05, 4.69) is 31.3 Å². The Morgan fingerprint density at radius 2 is 0.863 bits per heavy atom. The zero-order valence-corrected chi connectivity index (χ0v) is 46.4. The van der Waals surface area contributed by atoms with E-state index in [1.54, 1.807) is 0 Å². The molecule has 12 atom stereocenters. The lowest BCUT2D eigenvalue weighted by Gasteiger charge is -2.46. The van der Waals surface area contributed by atoms with Gasteiger partial charge in [-0.25, -0.2) is 0 Å². The average molecular weight is 1040 g/mol. The highest BCUT2D eigenvalue weighted by atomic mass is 16.7.